The molecule has 1 heterocycles. The molecule has 1 aromatic heterocycles. The van der Waals surface area contributed by atoms with E-state index in [-0.39, 0.29) is 0 Å². The summed E-state index contributed by atoms with van der Waals surface area (Å²) in [6.45, 7) is 0. The number of benzene rings is 1. The molecule has 0 fully saturated rings. The molecule has 2 heteroatoms. The van der Waals surface area contributed by atoms with E-state index in [4.69, 9.17) is 0 Å². The third-order valence-corrected chi connectivity index (χ3v) is 3.28. The predicted molar refractivity (Wildman–Crippen MR) is 63.1 cm³/mol. The molecule has 1 aliphatic carbocycles. The standard InChI is InChI=1S/C14H12N2/c15-9-12-10-5-1-3-7-13(10)16-14-8-4-2-6-11(12)14/h1,3,5,7H,2,4,6,8H2. The van der Waals surface area contributed by atoms with E-state index in [0.29, 0.717) is 0 Å². The van der Waals surface area contributed by atoms with Crippen LogP contribution in [0.25, 0.3) is 10.9 Å². The summed E-state index contributed by atoms with van der Waals surface area (Å²) in [5.74, 6) is 0. The number of rotatable bonds is 0. The molecule has 0 radical (unpaired) electrons. The van der Waals surface area contributed by atoms with E-state index in [0.717, 1.165) is 35.0 Å². The van der Waals surface area contributed by atoms with Crippen LogP contribution >= 0.6 is 0 Å². The SMILES string of the molecule is N#Cc1c2c(nc3ccccc13)CCCC2. The van der Waals surface area contributed by atoms with Gasteiger partial charge in [-0.2, -0.15) is 5.26 Å². The molecule has 0 unspecified atom stereocenters. The van der Waals surface area contributed by atoms with E-state index in [2.05, 4.69) is 11.1 Å². The Kier molecular flexibility index (Phi) is 2.11. The van der Waals surface area contributed by atoms with Crippen molar-refractivity contribution >= 4 is 10.9 Å². The first kappa shape index (κ1) is 9.35. The summed E-state index contributed by atoms with van der Waals surface area (Å²) in [5, 5.41) is 10.3. The van der Waals surface area contributed by atoms with Gasteiger partial charge in [0.2, 0.25) is 0 Å². The monoisotopic (exact) mass is 208 g/mol. The molecule has 16 heavy (non-hydrogen) atoms. The van der Waals surface area contributed by atoms with Crippen molar-refractivity contribution in [3.63, 3.8) is 0 Å². The molecule has 0 bridgehead atoms. The van der Waals surface area contributed by atoms with Crippen LogP contribution in [0.2, 0.25) is 0 Å². The van der Waals surface area contributed by atoms with Gasteiger partial charge in [0.15, 0.2) is 0 Å². The number of hydrogen-bond donors (Lipinski definition) is 0. The Hall–Kier alpha value is -1.88. The lowest BCUT2D eigenvalue weighted by Gasteiger charge is -2.17. The number of aromatic nitrogens is 1. The van der Waals surface area contributed by atoms with Crippen LogP contribution < -0.4 is 0 Å². The van der Waals surface area contributed by atoms with Gasteiger partial charge < -0.3 is 0 Å². The Balaban J connectivity index is 2.41. The van der Waals surface area contributed by atoms with Gasteiger partial charge in [0.05, 0.1) is 11.1 Å². The second-order valence-electron chi connectivity index (χ2n) is 4.25. The summed E-state index contributed by atoms with van der Waals surface area (Å²) in [6, 6.07) is 10.3. The summed E-state index contributed by atoms with van der Waals surface area (Å²) < 4.78 is 0. The predicted octanol–water partition coefficient (Wildman–Crippen LogP) is 2.99. The van der Waals surface area contributed by atoms with Gasteiger partial charge in [0.25, 0.3) is 0 Å². The highest BCUT2D eigenvalue weighted by Gasteiger charge is 2.17. The molecule has 0 aliphatic heterocycles. The van der Waals surface area contributed by atoms with Crippen molar-refractivity contribution in [3.05, 3.63) is 41.1 Å². The molecule has 1 aliphatic rings. The first-order chi connectivity index (χ1) is 7.90. The molecule has 2 aromatic rings. The van der Waals surface area contributed by atoms with E-state index >= 15 is 0 Å². The molecule has 3 rings (SSSR count). The van der Waals surface area contributed by atoms with Gasteiger partial charge in [0.1, 0.15) is 6.07 Å². The molecule has 0 N–H and O–H groups in total. The lowest BCUT2D eigenvalue weighted by molar-refractivity contribution is 0.670. The fourth-order valence-electron chi connectivity index (χ4n) is 2.50. The Bertz CT molecular complexity index is 593. The highest BCUT2D eigenvalue weighted by atomic mass is 14.7. The Labute approximate surface area is 94.5 Å². The fourth-order valence-corrected chi connectivity index (χ4v) is 2.50. The summed E-state index contributed by atoms with van der Waals surface area (Å²) in [5.41, 5.74) is 4.13. The van der Waals surface area contributed by atoms with Crippen molar-refractivity contribution in [2.24, 2.45) is 0 Å². The van der Waals surface area contributed by atoms with Gasteiger partial charge in [-0.3, -0.25) is 4.98 Å². The molecule has 0 spiro atoms. The zero-order valence-electron chi connectivity index (χ0n) is 9.03. The normalized spacial score (nSPS) is 14.4. The molecule has 0 amide bonds. The number of fused-ring (bicyclic) bond motifs is 2. The lowest BCUT2D eigenvalue weighted by Crippen LogP contribution is -2.08. The summed E-state index contributed by atoms with van der Waals surface area (Å²) in [4.78, 5) is 4.67. The molecule has 78 valence electrons. The van der Waals surface area contributed by atoms with E-state index in [1.807, 2.05) is 24.3 Å². The number of pyridine rings is 1. The summed E-state index contributed by atoms with van der Waals surface area (Å²) in [6.07, 6.45) is 4.41. The lowest BCUT2D eigenvalue weighted by atomic mass is 9.90. The zero-order valence-corrected chi connectivity index (χ0v) is 9.03. The highest BCUT2D eigenvalue weighted by molar-refractivity contribution is 5.86. The maximum atomic E-state index is 9.31. The Morgan fingerprint density at radius 2 is 1.94 bits per heavy atom. The van der Waals surface area contributed by atoms with Crippen molar-refractivity contribution in [1.29, 1.82) is 5.26 Å². The largest absolute Gasteiger partial charge is 0.252 e. The van der Waals surface area contributed by atoms with E-state index < -0.39 is 0 Å². The van der Waals surface area contributed by atoms with Gasteiger partial charge in [0, 0.05) is 11.1 Å². The number of hydrogen-bond acceptors (Lipinski definition) is 2. The van der Waals surface area contributed by atoms with Crippen LogP contribution in [-0.2, 0) is 12.8 Å². The Morgan fingerprint density at radius 1 is 1.12 bits per heavy atom. The molecule has 0 atom stereocenters. The van der Waals surface area contributed by atoms with Crippen LogP contribution in [0, 0.1) is 11.3 Å². The molecular weight excluding hydrogens is 196 g/mol. The molecule has 0 saturated carbocycles. The quantitative estimate of drug-likeness (QED) is 0.667. The summed E-state index contributed by atoms with van der Waals surface area (Å²) in [7, 11) is 0. The molecular formula is C14H12N2. The second-order valence-corrected chi connectivity index (χ2v) is 4.25. The van der Waals surface area contributed by atoms with Crippen molar-refractivity contribution in [2.75, 3.05) is 0 Å². The van der Waals surface area contributed by atoms with Crippen LogP contribution in [0.3, 0.4) is 0 Å². The third kappa shape index (κ3) is 1.29. The third-order valence-electron chi connectivity index (χ3n) is 3.28. The average Bonchev–Trinajstić information content (AvgIpc) is 2.36. The topological polar surface area (TPSA) is 36.7 Å². The number of nitriles is 1. The minimum atomic E-state index is 0.848. The maximum absolute atomic E-state index is 9.31. The van der Waals surface area contributed by atoms with Crippen LogP contribution in [0.4, 0.5) is 0 Å². The van der Waals surface area contributed by atoms with Crippen LogP contribution in [-0.4, -0.2) is 4.98 Å². The van der Waals surface area contributed by atoms with Gasteiger partial charge in [-0.25, -0.2) is 0 Å². The minimum Gasteiger partial charge on any atom is -0.252 e. The van der Waals surface area contributed by atoms with Crippen LogP contribution in [0.1, 0.15) is 29.7 Å². The van der Waals surface area contributed by atoms with E-state index in [1.54, 1.807) is 0 Å². The molecule has 2 nitrogen and oxygen atoms in total. The number of para-hydroxylation sites is 1. The smallest absolute Gasteiger partial charge is 0.100 e. The van der Waals surface area contributed by atoms with Crippen molar-refractivity contribution in [3.8, 4) is 6.07 Å². The number of aryl methyl sites for hydroxylation is 1. The molecule has 1 aromatic carbocycles. The maximum Gasteiger partial charge on any atom is 0.100 e. The second kappa shape index (κ2) is 3.61. The average molecular weight is 208 g/mol. The van der Waals surface area contributed by atoms with E-state index in [9.17, 15) is 5.26 Å². The first-order valence-corrected chi connectivity index (χ1v) is 5.71. The van der Waals surface area contributed by atoms with E-state index in [1.165, 1.54) is 18.4 Å². The van der Waals surface area contributed by atoms with Crippen molar-refractivity contribution < 1.29 is 0 Å². The van der Waals surface area contributed by atoms with Gasteiger partial charge in [-0.05, 0) is 37.3 Å². The molecule has 0 saturated heterocycles. The fraction of sp³-hybridized carbons (Fsp3) is 0.286. The van der Waals surface area contributed by atoms with Gasteiger partial charge in [-0.1, -0.05) is 18.2 Å². The van der Waals surface area contributed by atoms with Gasteiger partial charge in [-0.15, -0.1) is 0 Å². The van der Waals surface area contributed by atoms with Crippen LogP contribution in [0.15, 0.2) is 24.3 Å². The summed E-state index contributed by atoms with van der Waals surface area (Å²) >= 11 is 0. The van der Waals surface area contributed by atoms with Crippen molar-refractivity contribution in [2.45, 2.75) is 25.7 Å². The van der Waals surface area contributed by atoms with Crippen LogP contribution in [0.5, 0.6) is 0 Å². The minimum absolute atomic E-state index is 0.848. The highest BCUT2D eigenvalue weighted by Crippen LogP contribution is 2.28. The first-order valence-electron chi connectivity index (χ1n) is 5.71. The van der Waals surface area contributed by atoms with Gasteiger partial charge >= 0.3 is 0 Å². The van der Waals surface area contributed by atoms with Crippen molar-refractivity contribution in [1.82, 2.24) is 4.98 Å². The number of nitrogens with zero attached hydrogens (tertiary/aromatic N) is 2. The zero-order chi connectivity index (χ0) is 11.0. The Morgan fingerprint density at radius 3 is 2.81 bits per heavy atom.